The number of pyridine rings is 1. The Morgan fingerprint density at radius 2 is 2.36 bits per heavy atom. The number of anilines is 2. The van der Waals surface area contributed by atoms with Gasteiger partial charge in [0.2, 0.25) is 0 Å². The molecule has 14 heavy (non-hydrogen) atoms. The zero-order valence-electron chi connectivity index (χ0n) is 7.49. The van der Waals surface area contributed by atoms with Crippen molar-refractivity contribution in [2.45, 2.75) is 6.92 Å². The minimum absolute atomic E-state index is 0.414. The van der Waals surface area contributed by atoms with Crippen molar-refractivity contribution in [3.8, 4) is 0 Å². The van der Waals surface area contributed by atoms with Gasteiger partial charge in [-0.2, -0.15) is 4.98 Å². The van der Waals surface area contributed by atoms with Gasteiger partial charge in [0.1, 0.15) is 12.1 Å². The summed E-state index contributed by atoms with van der Waals surface area (Å²) in [5.74, 6) is 0.611. The largest absolute Gasteiger partial charge is 0.432 e. The normalized spacial score (nSPS) is 10.1. The van der Waals surface area contributed by atoms with Gasteiger partial charge in [-0.25, -0.2) is 4.98 Å². The van der Waals surface area contributed by atoms with Crippen LogP contribution in [0.2, 0.25) is 5.02 Å². The number of nitrogens with one attached hydrogen (secondary N) is 1. The molecule has 2 heterocycles. The first-order valence-electron chi connectivity index (χ1n) is 4.05. The van der Waals surface area contributed by atoms with Crippen molar-refractivity contribution in [3.63, 3.8) is 0 Å². The van der Waals surface area contributed by atoms with E-state index in [1.54, 1.807) is 24.6 Å². The van der Waals surface area contributed by atoms with Crippen LogP contribution in [0.1, 0.15) is 5.69 Å². The summed E-state index contributed by atoms with van der Waals surface area (Å²) in [6, 6.07) is 3.81. The third-order valence-corrected chi connectivity index (χ3v) is 1.81. The van der Waals surface area contributed by atoms with Crippen molar-refractivity contribution in [3.05, 3.63) is 35.3 Å². The Bertz CT molecular complexity index is 441. The van der Waals surface area contributed by atoms with Gasteiger partial charge in [0.15, 0.2) is 0 Å². The monoisotopic (exact) mass is 209 g/mol. The first-order chi connectivity index (χ1) is 6.74. The highest BCUT2D eigenvalue weighted by molar-refractivity contribution is 6.30. The first-order valence-corrected chi connectivity index (χ1v) is 4.42. The van der Waals surface area contributed by atoms with Crippen LogP contribution in [0.5, 0.6) is 0 Å². The lowest BCUT2D eigenvalue weighted by molar-refractivity contribution is 0.576. The molecule has 0 radical (unpaired) electrons. The summed E-state index contributed by atoms with van der Waals surface area (Å²) in [4.78, 5) is 8.12. The molecule has 0 unspecified atom stereocenters. The van der Waals surface area contributed by atoms with Crippen LogP contribution in [0.3, 0.4) is 0 Å². The molecule has 0 aromatic carbocycles. The SMILES string of the molecule is Cc1coc(Nc2cc(Cl)ccn2)n1. The Morgan fingerprint density at radius 3 is 3.00 bits per heavy atom. The lowest BCUT2D eigenvalue weighted by Gasteiger charge is -1.99. The molecule has 72 valence electrons. The standard InChI is InChI=1S/C9H8ClN3O/c1-6-5-14-9(12-6)13-8-4-7(10)2-3-11-8/h2-5H,1H3,(H,11,12,13). The molecule has 0 saturated heterocycles. The molecule has 4 nitrogen and oxygen atoms in total. The fraction of sp³-hybridized carbons (Fsp3) is 0.111. The Balaban J connectivity index is 2.18. The van der Waals surface area contributed by atoms with E-state index in [1.807, 2.05) is 6.92 Å². The molecule has 0 amide bonds. The number of hydrogen-bond donors (Lipinski definition) is 1. The predicted molar refractivity (Wildman–Crippen MR) is 53.8 cm³/mol. The van der Waals surface area contributed by atoms with Crippen LogP contribution in [-0.4, -0.2) is 9.97 Å². The van der Waals surface area contributed by atoms with E-state index < -0.39 is 0 Å². The Hall–Kier alpha value is -1.55. The van der Waals surface area contributed by atoms with Gasteiger partial charge in [0.25, 0.3) is 6.01 Å². The van der Waals surface area contributed by atoms with E-state index in [0.29, 0.717) is 16.9 Å². The molecule has 0 aliphatic heterocycles. The summed E-state index contributed by atoms with van der Waals surface area (Å²) < 4.78 is 5.10. The zero-order valence-corrected chi connectivity index (χ0v) is 8.25. The maximum atomic E-state index is 5.79. The molecule has 0 aliphatic rings. The first kappa shape index (κ1) is 9.02. The highest BCUT2D eigenvalue weighted by Gasteiger charge is 2.01. The highest BCUT2D eigenvalue weighted by atomic mass is 35.5. The van der Waals surface area contributed by atoms with Gasteiger partial charge in [-0.15, -0.1) is 0 Å². The van der Waals surface area contributed by atoms with E-state index >= 15 is 0 Å². The van der Waals surface area contributed by atoms with Crippen molar-refractivity contribution in [2.24, 2.45) is 0 Å². The topological polar surface area (TPSA) is 51.0 Å². The fourth-order valence-electron chi connectivity index (χ4n) is 0.994. The van der Waals surface area contributed by atoms with E-state index in [9.17, 15) is 0 Å². The molecule has 1 N–H and O–H groups in total. The second-order valence-corrected chi connectivity index (χ2v) is 3.21. The summed E-state index contributed by atoms with van der Waals surface area (Å²) in [5, 5.41) is 3.51. The van der Waals surface area contributed by atoms with E-state index in [0.717, 1.165) is 5.69 Å². The lowest BCUT2D eigenvalue weighted by atomic mass is 10.4. The highest BCUT2D eigenvalue weighted by Crippen LogP contribution is 2.16. The zero-order chi connectivity index (χ0) is 9.97. The smallest absolute Gasteiger partial charge is 0.300 e. The van der Waals surface area contributed by atoms with Crippen LogP contribution in [0.15, 0.2) is 29.0 Å². The number of aromatic nitrogens is 2. The van der Waals surface area contributed by atoms with Gasteiger partial charge in [-0.05, 0) is 19.1 Å². The number of nitrogens with zero attached hydrogens (tertiary/aromatic N) is 2. The van der Waals surface area contributed by atoms with Gasteiger partial charge in [0.05, 0.1) is 5.69 Å². The van der Waals surface area contributed by atoms with E-state index in [2.05, 4.69) is 15.3 Å². The minimum Gasteiger partial charge on any atom is -0.432 e. The molecule has 5 heteroatoms. The third kappa shape index (κ3) is 2.03. The molecule has 0 atom stereocenters. The maximum absolute atomic E-state index is 5.79. The van der Waals surface area contributed by atoms with Crippen molar-refractivity contribution >= 4 is 23.4 Å². The third-order valence-electron chi connectivity index (χ3n) is 1.58. The quantitative estimate of drug-likeness (QED) is 0.826. The second-order valence-electron chi connectivity index (χ2n) is 2.78. The summed E-state index contributed by atoms with van der Waals surface area (Å²) in [5.41, 5.74) is 0.814. The van der Waals surface area contributed by atoms with Crippen molar-refractivity contribution in [1.82, 2.24) is 9.97 Å². The summed E-state index contributed by atoms with van der Waals surface area (Å²) in [6.45, 7) is 1.85. The molecule has 2 rings (SSSR count). The van der Waals surface area contributed by atoms with Gasteiger partial charge in [0, 0.05) is 11.2 Å². The molecule has 0 aliphatic carbocycles. The van der Waals surface area contributed by atoms with Crippen LogP contribution in [-0.2, 0) is 0 Å². The number of aryl methyl sites for hydroxylation is 1. The van der Waals surface area contributed by atoms with Crippen molar-refractivity contribution in [2.75, 3.05) is 5.32 Å². The van der Waals surface area contributed by atoms with Crippen LogP contribution in [0.25, 0.3) is 0 Å². The molecule has 0 spiro atoms. The van der Waals surface area contributed by atoms with Crippen molar-refractivity contribution < 1.29 is 4.42 Å². The van der Waals surface area contributed by atoms with Crippen LogP contribution in [0, 0.1) is 6.92 Å². The average molecular weight is 210 g/mol. The Kier molecular flexibility index (Phi) is 2.37. The molecule has 0 saturated carbocycles. The van der Waals surface area contributed by atoms with Gasteiger partial charge < -0.3 is 4.42 Å². The number of hydrogen-bond acceptors (Lipinski definition) is 4. The lowest BCUT2D eigenvalue weighted by Crippen LogP contribution is -1.92. The number of oxazole rings is 1. The predicted octanol–water partition coefficient (Wildman–Crippen LogP) is 2.78. The second kappa shape index (κ2) is 3.67. The fourth-order valence-corrected chi connectivity index (χ4v) is 1.15. The molecular formula is C9H8ClN3O. The van der Waals surface area contributed by atoms with Gasteiger partial charge in [-0.1, -0.05) is 11.6 Å². The molecular weight excluding hydrogens is 202 g/mol. The Labute approximate surface area is 85.9 Å². The van der Waals surface area contributed by atoms with E-state index in [4.69, 9.17) is 16.0 Å². The van der Waals surface area contributed by atoms with Crippen molar-refractivity contribution in [1.29, 1.82) is 0 Å². The number of halogens is 1. The summed E-state index contributed by atoms with van der Waals surface area (Å²) in [7, 11) is 0. The average Bonchev–Trinajstić information content (AvgIpc) is 2.51. The van der Waals surface area contributed by atoms with Crippen LogP contribution >= 0.6 is 11.6 Å². The van der Waals surface area contributed by atoms with Crippen LogP contribution < -0.4 is 5.32 Å². The summed E-state index contributed by atoms with van der Waals surface area (Å²) in [6.07, 6.45) is 3.17. The summed E-state index contributed by atoms with van der Waals surface area (Å²) >= 11 is 5.79. The number of rotatable bonds is 2. The molecule has 0 fully saturated rings. The van der Waals surface area contributed by atoms with E-state index in [-0.39, 0.29) is 0 Å². The van der Waals surface area contributed by atoms with Gasteiger partial charge in [-0.3, -0.25) is 5.32 Å². The molecule has 2 aromatic rings. The van der Waals surface area contributed by atoms with Gasteiger partial charge >= 0.3 is 0 Å². The minimum atomic E-state index is 0.414. The van der Waals surface area contributed by atoms with E-state index in [1.165, 1.54) is 0 Å². The van der Waals surface area contributed by atoms with Crippen LogP contribution in [0.4, 0.5) is 11.8 Å². The Morgan fingerprint density at radius 1 is 1.50 bits per heavy atom. The molecule has 0 bridgehead atoms. The molecule has 2 aromatic heterocycles. The maximum Gasteiger partial charge on any atom is 0.300 e.